The van der Waals surface area contributed by atoms with Crippen LogP contribution in [0.25, 0.3) is 0 Å². The number of nitrogens with zero attached hydrogens (tertiary/aromatic N) is 2. The van der Waals surface area contributed by atoms with Crippen molar-refractivity contribution in [1.29, 1.82) is 0 Å². The number of likely N-dealkylation sites (tertiary alicyclic amines) is 2. The van der Waals surface area contributed by atoms with Crippen LogP contribution in [0.2, 0.25) is 0 Å². The fourth-order valence-corrected chi connectivity index (χ4v) is 3.66. The van der Waals surface area contributed by atoms with Crippen molar-refractivity contribution in [3.63, 3.8) is 0 Å². The predicted octanol–water partition coefficient (Wildman–Crippen LogP) is 1.32. The molecule has 2 atom stereocenters. The maximum absolute atomic E-state index is 10.4. The van der Waals surface area contributed by atoms with Crippen molar-refractivity contribution in [3.05, 3.63) is 35.9 Å². The van der Waals surface area contributed by atoms with Gasteiger partial charge < -0.3 is 15.3 Å². The number of hydrogen-bond acceptors (Lipinski definition) is 3. The van der Waals surface area contributed by atoms with Crippen LogP contribution in [0.3, 0.4) is 0 Å². The van der Waals surface area contributed by atoms with Crippen LogP contribution in [0.4, 0.5) is 4.79 Å². The zero-order valence-electron chi connectivity index (χ0n) is 12.2. The van der Waals surface area contributed by atoms with E-state index < -0.39 is 6.09 Å². The standard InChI is InChI=1S/C16H23N3O2/c20-16(21)17-6-7-18-9-14-11-19(12-15(14)10-18)8-13-4-2-1-3-5-13/h1-5,14-15,17H,6-12H2,(H,20,21). The summed E-state index contributed by atoms with van der Waals surface area (Å²) in [6.07, 6.45) is -0.927. The molecule has 0 spiro atoms. The fourth-order valence-electron chi connectivity index (χ4n) is 3.66. The van der Waals surface area contributed by atoms with Crippen LogP contribution < -0.4 is 5.32 Å². The Morgan fingerprint density at radius 1 is 1.10 bits per heavy atom. The molecule has 2 heterocycles. The number of fused-ring (bicyclic) bond motifs is 1. The molecule has 0 saturated carbocycles. The highest BCUT2D eigenvalue weighted by atomic mass is 16.4. The van der Waals surface area contributed by atoms with E-state index in [0.29, 0.717) is 6.54 Å². The first-order valence-electron chi connectivity index (χ1n) is 7.66. The van der Waals surface area contributed by atoms with Crippen molar-refractivity contribution < 1.29 is 9.90 Å². The van der Waals surface area contributed by atoms with Crippen LogP contribution in [0.1, 0.15) is 5.56 Å². The summed E-state index contributed by atoms with van der Waals surface area (Å²) in [6, 6.07) is 10.6. The van der Waals surface area contributed by atoms with Gasteiger partial charge in [-0.15, -0.1) is 0 Å². The summed E-state index contributed by atoms with van der Waals surface area (Å²) >= 11 is 0. The Labute approximate surface area is 125 Å². The van der Waals surface area contributed by atoms with Gasteiger partial charge in [-0.2, -0.15) is 0 Å². The Balaban J connectivity index is 1.42. The molecule has 3 rings (SSSR count). The second kappa shape index (κ2) is 6.45. The molecule has 0 aromatic heterocycles. The minimum Gasteiger partial charge on any atom is -0.465 e. The highest BCUT2D eigenvalue weighted by molar-refractivity contribution is 5.64. The monoisotopic (exact) mass is 289 g/mol. The number of carboxylic acid groups (broad SMARTS) is 1. The molecule has 0 radical (unpaired) electrons. The lowest BCUT2D eigenvalue weighted by Crippen LogP contribution is -2.35. The first-order chi connectivity index (χ1) is 10.2. The molecule has 114 valence electrons. The van der Waals surface area contributed by atoms with Gasteiger partial charge in [-0.25, -0.2) is 4.79 Å². The van der Waals surface area contributed by atoms with Crippen LogP contribution in [-0.2, 0) is 6.54 Å². The average Bonchev–Trinajstić information content (AvgIpc) is 2.97. The van der Waals surface area contributed by atoms with E-state index >= 15 is 0 Å². The van der Waals surface area contributed by atoms with Gasteiger partial charge in [0.05, 0.1) is 0 Å². The molecule has 2 aliphatic heterocycles. The van der Waals surface area contributed by atoms with Gasteiger partial charge in [-0.3, -0.25) is 4.90 Å². The van der Waals surface area contributed by atoms with Gasteiger partial charge >= 0.3 is 6.09 Å². The maximum atomic E-state index is 10.4. The summed E-state index contributed by atoms with van der Waals surface area (Å²) in [7, 11) is 0. The molecule has 5 heteroatoms. The van der Waals surface area contributed by atoms with Gasteiger partial charge in [0.2, 0.25) is 0 Å². The van der Waals surface area contributed by atoms with Gasteiger partial charge in [-0.1, -0.05) is 30.3 Å². The lowest BCUT2D eigenvalue weighted by molar-refractivity contribution is 0.191. The molecule has 2 aliphatic rings. The van der Waals surface area contributed by atoms with Crippen molar-refractivity contribution in [2.45, 2.75) is 6.54 Å². The Hall–Kier alpha value is -1.59. The minimum absolute atomic E-state index is 0.530. The average molecular weight is 289 g/mol. The zero-order valence-corrected chi connectivity index (χ0v) is 12.2. The number of amides is 1. The van der Waals surface area contributed by atoms with E-state index in [4.69, 9.17) is 5.11 Å². The van der Waals surface area contributed by atoms with Crippen LogP contribution >= 0.6 is 0 Å². The van der Waals surface area contributed by atoms with E-state index in [1.54, 1.807) is 0 Å². The topological polar surface area (TPSA) is 55.8 Å². The highest BCUT2D eigenvalue weighted by Crippen LogP contribution is 2.31. The number of benzene rings is 1. The number of carbonyl (C=O) groups is 1. The van der Waals surface area contributed by atoms with E-state index in [9.17, 15) is 4.79 Å². The molecule has 5 nitrogen and oxygen atoms in total. The normalized spacial score (nSPS) is 25.9. The molecule has 0 aliphatic carbocycles. The van der Waals surface area contributed by atoms with Crippen molar-refractivity contribution in [3.8, 4) is 0 Å². The van der Waals surface area contributed by atoms with Crippen LogP contribution in [0.15, 0.2) is 30.3 Å². The molecule has 2 saturated heterocycles. The molecule has 1 aromatic carbocycles. The van der Waals surface area contributed by atoms with E-state index in [1.165, 1.54) is 18.7 Å². The predicted molar refractivity (Wildman–Crippen MR) is 81.2 cm³/mol. The third kappa shape index (κ3) is 3.74. The maximum Gasteiger partial charge on any atom is 0.404 e. The Bertz CT molecular complexity index is 466. The number of nitrogens with one attached hydrogen (secondary N) is 1. The number of rotatable bonds is 5. The third-order valence-corrected chi connectivity index (χ3v) is 4.59. The first-order valence-corrected chi connectivity index (χ1v) is 7.66. The van der Waals surface area contributed by atoms with E-state index in [0.717, 1.165) is 38.0 Å². The molecule has 0 bridgehead atoms. The van der Waals surface area contributed by atoms with E-state index in [-0.39, 0.29) is 0 Å². The van der Waals surface area contributed by atoms with Gasteiger partial charge in [0.15, 0.2) is 0 Å². The van der Waals surface area contributed by atoms with Crippen LogP contribution in [-0.4, -0.2) is 60.3 Å². The van der Waals surface area contributed by atoms with E-state index in [1.807, 2.05) is 0 Å². The van der Waals surface area contributed by atoms with Gasteiger partial charge in [0.25, 0.3) is 0 Å². The first kappa shape index (κ1) is 14.4. The fraction of sp³-hybridized carbons (Fsp3) is 0.562. The molecular weight excluding hydrogens is 266 g/mol. The second-order valence-electron chi connectivity index (χ2n) is 6.19. The smallest absolute Gasteiger partial charge is 0.404 e. The summed E-state index contributed by atoms with van der Waals surface area (Å²) in [4.78, 5) is 15.4. The largest absolute Gasteiger partial charge is 0.465 e. The molecule has 1 aromatic rings. The van der Waals surface area contributed by atoms with Gasteiger partial charge in [0.1, 0.15) is 0 Å². The summed E-state index contributed by atoms with van der Waals surface area (Å²) in [5.41, 5.74) is 1.39. The van der Waals surface area contributed by atoms with E-state index in [2.05, 4.69) is 45.4 Å². The summed E-state index contributed by atoms with van der Waals surface area (Å²) in [5.74, 6) is 1.50. The molecular formula is C16H23N3O2. The van der Waals surface area contributed by atoms with Gasteiger partial charge in [0, 0.05) is 45.8 Å². The van der Waals surface area contributed by atoms with Crippen molar-refractivity contribution in [2.75, 3.05) is 39.3 Å². The second-order valence-corrected chi connectivity index (χ2v) is 6.19. The molecule has 1 amide bonds. The molecule has 2 fully saturated rings. The lowest BCUT2D eigenvalue weighted by Gasteiger charge is -2.21. The number of hydrogen-bond donors (Lipinski definition) is 2. The summed E-state index contributed by atoms with van der Waals surface area (Å²) < 4.78 is 0. The van der Waals surface area contributed by atoms with Crippen molar-refractivity contribution in [1.82, 2.24) is 15.1 Å². The molecule has 2 unspecified atom stereocenters. The highest BCUT2D eigenvalue weighted by Gasteiger charge is 2.39. The Morgan fingerprint density at radius 2 is 1.71 bits per heavy atom. The lowest BCUT2D eigenvalue weighted by atomic mass is 10.0. The van der Waals surface area contributed by atoms with Crippen LogP contribution in [0.5, 0.6) is 0 Å². The summed E-state index contributed by atoms with van der Waals surface area (Å²) in [5, 5.41) is 11.0. The van der Waals surface area contributed by atoms with Crippen molar-refractivity contribution >= 4 is 6.09 Å². The SMILES string of the molecule is O=C(O)NCCN1CC2CN(Cc3ccccc3)CC2C1. The quantitative estimate of drug-likeness (QED) is 0.858. The summed E-state index contributed by atoms with van der Waals surface area (Å²) in [6.45, 7) is 6.97. The Morgan fingerprint density at radius 3 is 2.33 bits per heavy atom. The minimum atomic E-state index is -0.927. The third-order valence-electron chi connectivity index (χ3n) is 4.59. The Kier molecular flexibility index (Phi) is 4.41. The molecule has 21 heavy (non-hydrogen) atoms. The molecule has 2 N–H and O–H groups in total. The van der Waals surface area contributed by atoms with Crippen LogP contribution in [0, 0.1) is 11.8 Å². The zero-order chi connectivity index (χ0) is 14.7. The van der Waals surface area contributed by atoms with Crippen molar-refractivity contribution in [2.24, 2.45) is 11.8 Å². The van der Waals surface area contributed by atoms with Gasteiger partial charge in [-0.05, 0) is 17.4 Å².